The zero-order chi connectivity index (χ0) is 18.5. The summed E-state index contributed by atoms with van der Waals surface area (Å²) in [6.07, 6.45) is 0.215. The highest BCUT2D eigenvalue weighted by molar-refractivity contribution is 6.32. The fraction of sp³-hybridized carbons (Fsp3) is 0.556. The lowest BCUT2D eigenvalue weighted by Crippen LogP contribution is -2.42. The van der Waals surface area contributed by atoms with Gasteiger partial charge in [0, 0.05) is 44.8 Å². The molecule has 2 fully saturated rings. The molecule has 0 spiro atoms. The standard InChI is InChI=1S/C18H24ClN3O4/c1-25-16-3-2-14(11-15(16)19)22-12-13(10-17(22)23)18(24)20-4-5-21-6-8-26-9-7-21/h2-3,11,13H,4-10,12H2,1H3,(H,20,24). The third kappa shape index (κ3) is 4.47. The van der Waals surface area contributed by atoms with Crippen LogP contribution >= 0.6 is 11.6 Å². The number of benzene rings is 1. The van der Waals surface area contributed by atoms with Crippen LogP contribution in [0.1, 0.15) is 6.42 Å². The number of ether oxygens (including phenoxy) is 2. The molecule has 1 unspecified atom stereocenters. The highest BCUT2D eigenvalue weighted by Gasteiger charge is 2.35. The highest BCUT2D eigenvalue weighted by atomic mass is 35.5. The van der Waals surface area contributed by atoms with Gasteiger partial charge in [-0.3, -0.25) is 14.5 Å². The van der Waals surface area contributed by atoms with Gasteiger partial charge in [0.25, 0.3) is 0 Å². The normalized spacial score (nSPS) is 21.1. The molecule has 1 atom stereocenters. The predicted octanol–water partition coefficient (Wildman–Crippen LogP) is 1.15. The Kier molecular flexibility index (Phi) is 6.34. The fourth-order valence-corrected chi connectivity index (χ4v) is 3.51. The fourth-order valence-electron chi connectivity index (χ4n) is 3.26. The van der Waals surface area contributed by atoms with E-state index in [1.807, 2.05) is 0 Å². The van der Waals surface area contributed by atoms with Crippen LogP contribution in [0.15, 0.2) is 18.2 Å². The molecule has 2 amide bonds. The van der Waals surface area contributed by atoms with E-state index in [0.29, 0.717) is 29.5 Å². The number of halogens is 1. The molecule has 26 heavy (non-hydrogen) atoms. The van der Waals surface area contributed by atoms with Crippen LogP contribution < -0.4 is 15.0 Å². The van der Waals surface area contributed by atoms with E-state index in [1.54, 1.807) is 30.2 Å². The first kappa shape index (κ1) is 18.9. The SMILES string of the molecule is COc1ccc(N2CC(C(=O)NCCN3CCOCC3)CC2=O)cc1Cl. The van der Waals surface area contributed by atoms with Crippen LogP contribution in [0.5, 0.6) is 5.75 Å². The first-order valence-electron chi connectivity index (χ1n) is 8.80. The molecule has 1 aromatic rings. The smallest absolute Gasteiger partial charge is 0.227 e. The van der Waals surface area contributed by atoms with Crippen molar-refractivity contribution in [3.63, 3.8) is 0 Å². The molecule has 3 rings (SSSR count). The van der Waals surface area contributed by atoms with Crippen LogP contribution in [-0.4, -0.2) is 69.8 Å². The number of amides is 2. The predicted molar refractivity (Wildman–Crippen MR) is 98.7 cm³/mol. The minimum Gasteiger partial charge on any atom is -0.495 e. The third-order valence-corrected chi connectivity index (χ3v) is 5.07. The van der Waals surface area contributed by atoms with Gasteiger partial charge in [0.1, 0.15) is 5.75 Å². The van der Waals surface area contributed by atoms with E-state index in [9.17, 15) is 9.59 Å². The van der Waals surface area contributed by atoms with E-state index < -0.39 is 0 Å². The molecule has 142 valence electrons. The van der Waals surface area contributed by atoms with Crippen molar-refractivity contribution >= 4 is 29.1 Å². The first-order chi connectivity index (χ1) is 12.6. The number of carbonyl (C=O) groups is 2. The van der Waals surface area contributed by atoms with Crippen LogP contribution in [0.3, 0.4) is 0 Å². The quantitative estimate of drug-likeness (QED) is 0.800. The number of morpholine rings is 1. The number of methoxy groups -OCH3 is 1. The molecular weight excluding hydrogens is 358 g/mol. The Morgan fingerprint density at radius 2 is 2.15 bits per heavy atom. The van der Waals surface area contributed by atoms with Crippen LogP contribution in [0.25, 0.3) is 0 Å². The molecule has 0 aliphatic carbocycles. The van der Waals surface area contributed by atoms with Crippen molar-refractivity contribution < 1.29 is 19.1 Å². The Balaban J connectivity index is 1.51. The lowest BCUT2D eigenvalue weighted by molar-refractivity contribution is -0.126. The third-order valence-electron chi connectivity index (χ3n) is 4.77. The van der Waals surface area contributed by atoms with Crippen molar-refractivity contribution in [1.29, 1.82) is 0 Å². The Morgan fingerprint density at radius 1 is 1.38 bits per heavy atom. The van der Waals surface area contributed by atoms with Crippen molar-refractivity contribution in [1.82, 2.24) is 10.2 Å². The van der Waals surface area contributed by atoms with Gasteiger partial charge in [0.15, 0.2) is 0 Å². The number of hydrogen-bond acceptors (Lipinski definition) is 5. The number of carbonyl (C=O) groups excluding carboxylic acids is 2. The number of nitrogens with zero attached hydrogens (tertiary/aromatic N) is 2. The van der Waals surface area contributed by atoms with Crippen LogP contribution in [-0.2, 0) is 14.3 Å². The van der Waals surface area contributed by atoms with Crippen LogP contribution in [0, 0.1) is 5.92 Å². The maximum absolute atomic E-state index is 12.4. The molecule has 2 aliphatic rings. The van der Waals surface area contributed by atoms with E-state index in [0.717, 1.165) is 32.8 Å². The average Bonchev–Trinajstić information content (AvgIpc) is 3.04. The van der Waals surface area contributed by atoms with Crippen LogP contribution in [0.4, 0.5) is 5.69 Å². The Labute approximate surface area is 158 Å². The van der Waals surface area contributed by atoms with Crippen molar-refractivity contribution in [2.45, 2.75) is 6.42 Å². The molecule has 0 aromatic heterocycles. The lowest BCUT2D eigenvalue weighted by atomic mass is 10.1. The number of anilines is 1. The second-order valence-electron chi connectivity index (χ2n) is 6.47. The molecular formula is C18H24ClN3O4. The van der Waals surface area contributed by atoms with Gasteiger partial charge < -0.3 is 19.7 Å². The highest BCUT2D eigenvalue weighted by Crippen LogP contribution is 2.32. The summed E-state index contributed by atoms with van der Waals surface area (Å²) in [5.41, 5.74) is 0.685. The molecule has 2 aliphatic heterocycles. The summed E-state index contributed by atoms with van der Waals surface area (Å²) >= 11 is 6.14. The molecule has 2 saturated heterocycles. The van der Waals surface area contributed by atoms with Crippen molar-refractivity contribution in [2.24, 2.45) is 5.92 Å². The first-order valence-corrected chi connectivity index (χ1v) is 9.18. The Bertz CT molecular complexity index is 664. The van der Waals surface area contributed by atoms with Gasteiger partial charge >= 0.3 is 0 Å². The van der Waals surface area contributed by atoms with Gasteiger partial charge in [-0.15, -0.1) is 0 Å². The summed E-state index contributed by atoms with van der Waals surface area (Å²) in [6.45, 7) is 5.01. The summed E-state index contributed by atoms with van der Waals surface area (Å²) in [7, 11) is 1.54. The second-order valence-corrected chi connectivity index (χ2v) is 6.88. The maximum atomic E-state index is 12.4. The molecule has 0 bridgehead atoms. The zero-order valence-corrected chi connectivity index (χ0v) is 15.6. The van der Waals surface area contributed by atoms with E-state index in [-0.39, 0.29) is 24.2 Å². The van der Waals surface area contributed by atoms with Gasteiger partial charge in [-0.25, -0.2) is 0 Å². The topological polar surface area (TPSA) is 71.1 Å². The van der Waals surface area contributed by atoms with E-state index in [4.69, 9.17) is 21.1 Å². The molecule has 1 N–H and O–H groups in total. The number of rotatable bonds is 6. The van der Waals surface area contributed by atoms with Crippen molar-refractivity contribution in [2.75, 3.05) is 57.9 Å². The van der Waals surface area contributed by atoms with Crippen molar-refractivity contribution in [3.05, 3.63) is 23.2 Å². The monoisotopic (exact) mass is 381 g/mol. The molecule has 0 saturated carbocycles. The van der Waals surface area contributed by atoms with Crippen LogP contribution in [0.2, 0.25) is 5.02 Å². The van der Waals surface area contributed by atoms with Gasteiger partial charge in [0.2, 0.25) is 11.8 Å². The Hall–Kier alpha value is -1.83. The second kappa shape index (κ2) is 8.70. The Morgan fingerprint density at radius 3 is 2.85 bits per heavy atom. The summed E-state index contributed by atoms with van der Waals surface area (Å²) in [5.74, 6) is 0.0702. The summed E-state index contributed by atoms with van der Waals surface area (Å²) in [5, 5.41) is 3.39. The van der Waals surface area contributed by atoms with Gasteiger partial charge in [-0.05, 0) is 18.2 Å². The minimum atomic E-state index is -0.340. The molecule has 1 aromatic carbocycles. The summed E-state index contributed by atoms with van der Waals surface area (Å²) in [6, 6.07) is 5.19. The van der Waals surface area contributed by atoms with E-state index in [2.05, 4.69) is 10.2 Å². The summed E-state index contributed by atoms with van der Waals surface area (Å²) < 4.78 is 10.4. The molecule has 8 heteroatoms. The van der Waals surface area contributed by atoms with E-state index >= 15 is 0 Å². The minimum absolute atomic E-state index is 0.0698. The van der Waals surface area contributed by atoms with Gasteiger partial charge in [-0.1, -0.05) is 11.6 Å². The lowest BCUT2D eigenvalue weighted by Gasteiger charge is -2.26. The largest absolute Gasteiger partial charge is 0.495 e. The molecule has 7 nitrogen and oxygen atoms in total. The average molecular weight is 382 g/mol. The van der Waals surface area contributed by atoms with Crippen molar-refractivity contribution in [3.8, 4) is 5.75 Å². The zero-order valence-electron chi connectivity index (χ0n) is 14.9. The number of hydrogen-bond donors (Lipinski definition) is 1. The molecule has 2 heterocycles. The summed E-state index contributed by atoms with van der Waals surface area (Å²) in [4.78, 5) is 28.6. The van der Waals surface area contributed by atoms with E-state index in [1.165, 1.54) is 0 Å². The number of nitrogens with one attached hydrogen (secondary N) is 1. The maximum Gasteiger partial charge on any atom is 0.227 e. The van der Waals surface area contributed by atoms with Gasteiger partial charge in [-0.2, -0.15) is 0 Å². The van der Waals surface area contributed by atoms with Gasteiger partial charge in [0.05, 0.1) is 31.3 Å². The molecule has 0 radical (unpaired) electrons.